The van der Waals surface area contributed by atoms with Crippen LogP contribution in [0.3, 0.4) is 0 Å². The molecule has 3 heteroatoms. The van der Waals surface area contributed by atoms with Crippen LogP contribution < -0.4 is 0 Å². The van der Waals surface area contributed by atoms with E-state index in [9.17, 15) is 4.79 Å². The van der Waals surface area contributed by atoms with Gasteiger partial charge in [-0.3, -0.25) is 4.79 Å². The zero-order chi connectivity index (χ0) is 12.8. The Bertz CT molecular complexity index is 357. The Labute approximate surface area is 103 Å². The molecule has 0 saturated carbocycles. The number of carbonyl (C=O) groups excluding carboxylic acids is 1. The number of esters is 1. The van der Waals surface area contributed by atoms with Gasteiger partial charge >= 0.3 is 5.97 Å². The molecule has 1 atom stereocenters. The summed E-state index contributed by atoms with van der Waals surface area (Å²) in [5.74, 6) is -0.147. The van der Waals surface area contributed by atoms with Gasteiger partial charge in [-0.05, 0) is 33.5 Å². The number of aryl methyl sites for hydroxylation is 1. The Hall–Kier alpha value is -1.35. The van der Waals surface area contributed by atoms with E-state index >= 15 is 0 Å². The maximum atomic E-state index is 11.5. The Kier molecular flexibility index (Phi) is 5.16. The van der Waals surface area contributed by atoms with E-state index in [0.717, 1.165) is 5.56 Å². The monoisotopic (exact) mass is 235 g/mol. The highest BCUT2D eigenvalue weighted by molar-refractivity contribution is 5.70. The lowest BCUT2D eigenvalue weighted by Gasteiger charge is -2.24. The minimum Gasteiger partial charge on any atom is -0.466 e. The molecule has 1 aromatic carbocycles. The highest BCUT2D eigenvalue weighted by Gasteiger charge is 2.18. The highest BCUT2D eigenvalue weighted by Crippen LogP contribution is 2.22. The van der Waals surface area contributed by atoms with Crippen LogP contribution in [-0.2, 0) is 9.53 Å². The Morgan fingerprint density at radius 1 is 1.29 bits per heavy atom. The molecule has 0 saturated heterocycles. The van der Waals surface area contributed by atoms with Crippen LogP contribution in [0.2, 0.25) is 0 Å². The van der Waals surface area contributed by atoms with E-state index < -0.39 is 0 Å². The molecule has 0 aliphatic heterocycles. The lowest BCUT2D eigenvalue weighted by Crippen LogP contribution is -2.23. The van der Waals surface area contributed by atoms with Gasteiger partial charge in [-0.2, -0.15) is 0 Å². The average molecular weight is 235 g/mol. The predicted molar refractivity (Wildman–Crippen MR) is 68.9 cm³/mol. The summed E-state index contributed by atoms with van der Waals surface area (Å²) >= 11 is 0. The fourth-order valence-electron chi connectivity index (χ4n) is 1.76. The molecule has 1 unspecified atom stereocenters. The van der Waals surface area contributed by atoms with Crippen molar-refractivity contribution in [1.82, 2.24) is 4.90 Å². The molecule has 94 valence electrons. The van der Waals surface area contributed by atoms with Crippen molar-refractivity contribution in [2.24, 2.45) is 0 Å². The van der Waals surface area contributed by atoms with Crippen LogP contribution in [-0.4, -0.2) is 31.6 Å². The molecule has 1 rings (SSSR count). The smallest absolute Gasteiger partial charge is 0.307 e. The van der Waals surface area contributed by atoms with Gasteiger partial charge in [0.25, 0.3) is 0 Å². The zero-order valence-corrected chi connectivity index (χ0v) is 11.1. The summed E-state index contributed by atoms with van der Waals surface area (Å²) in [6, 6.07) is 8.35. The third kappa shape index (κ3) is 4.19. The van der Waals surface area contributed by atoms with Crippen molar-refractivity contribution in [2.45, 2.75) is 26.3 Å². The van der Waals surface area contributed by atoms with Gasteiger partial charge in [0, 0.05) is 6.04 Å². The van der Waals surface area contributed by atoms with Crippen molar-refractivity contribution in [3.05, 3.63) is 35.4 Å². The molecule has 0 aromatic heterocycles. The summed E-state index contributed by atoms with van der Waals surface area (Å²) in [5.41, 5.74) is 2.37. The van der Waals surface area contributed by atoms with Gasteiger partial charge in [-0.15, -0.1) is 0 Å². The minimum absolute atomic E-state index is 0.0784. The molecule has 0 bridgehead atoms. The molecule has 0 fully saturated rings. The van der Waals surface area contributed by atoms with Crippen LogP contribution in [0.1, 0.15) is 30.5 Å². The second-order valence-corrected chi connectivity index (χ2v) is 4.40. The van der Waals surface area contributed by atoms with Crippen molar-refractivity contribution in [3.8, 4) is 0 Å². The average Bonchev–Trinajstić information content (AvgIpc) is 2.27. The van der Waals surface area contributed by atoms with Gasteiger partial charge in [0.2, 0.25) is 0 Å². The largest absolute Gasteiger partial charge is 0.466 e. The quantitative estimate of drug-likeness (QED) is 0.735. The minimum atomic E-state index is -0.147. The SMILES string of the molecule is CCOC(=O)CC(c1ccc(C)cc1)N(C)C. The second-order valence-electron chi connectivity index (χ2n) is 4.40. The summed E-state index contributed by atoms with van der Waals surface area (Å²) in [6.07, 6.45) is 0.393. The summed E-state index contributed by atoms with van der Waals surface area (Å²) in [6.45, 7) is 4.32. The molecule has 0 N–H and O–H groups in total. The number of rotatable bonds is 5. The van der Waals surface area contributed by atoms with Crippen molar-refractivity contribution < 1.29 is 9.53 Å². The van der Waals surface area contributed by atoms with Crippen molar-refractivity contribution >= 4 is 5.97 Å². The maximum absolute atomic E-state index is 11.5. The number of nitrogens with zero attached hydrogens (tertiary/aromatic N) is 1. The molecule has 0 radical (unpaired) electrons. The summed E-state index contributed by atoms with van der Waals surface area (Å²) in [5, 5.41) is 0. The molecule has 3 nitrogen and oxygen atoms in total. The third-order valence-corrected chi connectivity index (χ3v) is 2.75. The molecule has 0 heterocycles. The topological polar surface area (TPSA) is 29.5 Å². The van der Waals surface area contributed by atoms with Gasteiger partial charge in [0.1, 0.15) is 0 Å². The third-order valence-electron chi connectivity index (χ3n) is 2.75. The van der Waals surface area contributed by atoms with Gasteiger partial charge in [0.05, 0.1) is 13.0 Å². The number of carbonyl (C=O) groups is 1. The van der Waals surface area contributed by atoms with E-state index in [0.29, 0.717) is 13.0 Å². The summed E-state index contributed by atoms with van der Waals surface area (Å²) in [7, 11) is 3.95. The van der Waals surface area contributed by atoms with Gasteiger partial charge in [-0.25, -0.2) is 0 Å². The molecule has 17 heavy (non-hydrogen) atoms. The molecule has 1 aromatic rings. The second kappa shape index (κ2) is 6.40. The van der Waals surface area contributed by atoms with Crippen LogP contribution in [0.25, 0.3) is 0 Å². The van der Waals surface area contributed by atoms with Gasteiger partial charge in [0.15, 0.2) is 0 Å². The number of ether oxygens (including phenoxy) is 1. The van der Waals surface area contributed by atoms with Gasteiger partial charge in [-0.1, -0.05) is 29.8 Å². The lowest BCUT2D eigenvalue weighted by molar-refractivity contribution is -0.144. The number of hydrogen-bond donors (Lipinski definition) is 0. The molecular formula is C14H21NO2. The van der Waals surface area contributed by atoms with E-state index in [1.807, 2.05) is 25.9 Å². The highest BCUT2D eigenvalue weighted by atomic mass is 16.5. The van der Waals surface area contributed by atoms with Crippen molar-refractivity contribution in [3.63, 3.8) is 0 Å². The molecule has 0 aliphatic rings. The Balaban J connectivity index is 2.79. The standard InChI is InChI=1S/C14H21NO2/c1-5-17-14(16)10-13(15(3)4)12-8-6-11(2)7-9-12/h6-9,13H,5,10H2,1-4H3. The van der Waals surface area contributed by atoms with E-state index in [-0.39, 0.29) is 12.0 Å². The van der Waals surface area contributed by atoms with E-state index in [1.54, 1.807) is 0 Å². The molecule has 0 amide bonds. The van der Waals surface area contributed by atoms with Crippen LogP contribution in [0.15, 0.2) is 24.3 Å². The molecule has 0 spiro atoms. The Morgan fingerprint density at radius 2 is 1.88 bits per heavy atom. The van der Waals surface area contributed by atoms with Crippen molar-refractivity contribution in [1.29, 1.82) is 0 Å². The zero-order valence-electron chi connectivity index (χ0n) is 11.1. The normalized spacial score (nSPS) is 12.5. The number of hydrogen-bond acceptors (Lipinski definition) is 3. The fraction of sp³-hybridized carbons (Fsp3) is 0.500. The van der Waals surface area contributed by atoms with E-state index in [2.05, 4.69) is 31.2 Å². The van der Waals surface area contributed by atoms with E-state index in [1.165, 1.54) is 5.56 Å². The first kappa shape index (κ1) is 13.7. The lowest BCUT2D eigenvalue weighted by atomic mass is 10.0. The van der Waals surface area contributed by atoms with Crippen molar-refractivity contribution in [2.75, 3.05) is 20.7 Å². The van der Waals surface area contributed by atoms with Crippen LogP contribution in [0.5, 0.6) is 0 Å². The van der Waals surface area contributed by atoms with Crippen LogP contribution in [0, 0.1) is 6.92 Å². The fourth-order valence-corrected chi connectivity index (χ4v) is 1.76. The van der Waals surface area contributed by atoms with Crippen LogP contribution >= 0.6 is 0 Å². The molecule has 0 aliphatic carbocycles. The summed E-state index contributed by atoms with van der Waals surface area (Å²) < 4.78 is 5.00. The van der Waals surface area contributed by atoms with Crippen LogP contribution in [0.4, 0.5) is 0 Å². The predicted octanol–water partition coefficient (Wildman–Crippen LogP) is 2.55. The number of benzene rings is 1. The maximum Gasteiger partial charge on any atom is 0.307 e. The van der Waals surface area contributed by atoms with Gasteiger partial charge < -0.3 is 9.64 Å². The molecular weight excluding hydrogens is 214 g/mol. The first-order valence-corrected chi connectivity index (χ1v) is 5.93. The van der Waals surface area contributed by atoms with E-state index in [4.69, 9.17) is 4.74 Å². The summed E-state index contributed by atoms with van der Waals surface area (Å²) in [4.78, 5) is 13.6. The first-order valence-electron chi connectivity index (χ1n) is 5.93. The first-order chi connectivity index (χ1) is 8.04. The Morgan fingerprint density at radius 3 is 2.35 bits per heavy atom.